The lowest BCUT2D eigenvalue weighted by molar-refractivity contribution is 0.0601. The van der Waals surface area contributed by atoms with Crippen LogP contribution in [0.15, 0.2) is 60.7 Å². The molecule has 0 spiro atoms. The van der Waals surface area contributed by atoms with E-state index < -0.39 is 0 Å². The molecule has 0 fully saturated rings. The Morgan fingerprint density at radius 3 is 2.68 bits per heavy atom. The second-order valence-electron chi connectivity index (χ2n) is 6.95. The molecule has 5 heteroatoms. The number of carbonyl (C=O) groups excluding carboxylic acids is 1. The minimum Gasteiger partial charge on any atom is -0.465 e. The minimum atomic E-state index is -0.323. The first-order valence-electron chi connectivity index (χ1n) is 9.46. The van der Waals surface area contributed by atoms with Gasteiger partial charge in [0.15, 0.2) is 0 Å². The Hall–Kier alpha value is -3.47. The van der Waals surface area contributed by atoms with Gasteiger partial charge in [-0.3, -0.25) is 0 Å². The first kappa shape index (κ1) is 16.7. The molecule has 0 radical (unpaired) electrons. The fraction of sp³-hybridized carbons (Fsp3) is 0.174. The zero-order valence-corrected chi connectivity index (χ0v) is 15.9. The molecule has 0 saturated carbocycles. The summed E-state index contributed by atoms with van der Waals surface area (Å²) >= 11 is 0. The van der Waals surface area contributed by atoms with Crippen molar-refractivity contribution in [2.24, 2.45) is 0 Å². The van der Waals surface area contributed by atoms with Crippen LogP contribution in [0.3, 0.4) is 0 Å². The lowest BCUT2D eigenvalue weighted by Gasteiger charge is -2.19. The molecule has 0 aliphatic carbocycles. The molecule has 0 saturated heterocycles. The molecule has 1 aromatic heterocycles. The van der Waals surface area contributed by atoms with Crippen LogP contribution in [0.5, 0.6) is 0 Å². The number of methoxy groups -OCH3 is 1. The molecule has 1 aliphatic heterocycles. The van der Waals surface area contributed by atoms with E-state index in [1.165, 1.54) is 28.9 Å². The van der Waals surface area contributed by atoms with Crippen molar-refractivity contribution in [2.75, 3.05) is 24.0 Å². The van der Waals surface area contributed by atoms with Crippen molar-refractivity contribution in [3.63, 3.8) is 0 Å². The number of carbonyl (C=O) groups is 1. The Morgan fingerprint density at radius 2 is 1.86 bits per heavy atom. The van der Waals surface area contributed by atoms with Crippen molar-refractivity contribution in [3.8, 4) is 0 Å². The third-order valence-electron chi connectivity index (χ3n) is 5.52. The van der Waals surface area contributed by atoms with Gasteiger partial charge in [-0.2, -0.15) is 0 Å². The standard InChI is InChI=1S/C23H21N3O2/c1-3-25-20-7-5-4-6-17(20)18-13-16(9-11-21(18)25)26-14-24-19-10-8-15(12-22(19)26)23(27)28-2/h4-13,24H,3,14H2,1-2H3. The summed E-state index contributed by atoms with van der Waals surface area (Å²) in [5.74, 6) is -0.323. The van der Waals surface area contributed by atoms with Gasteiger partial charge in [-0.1, -0.05) is 18.2 Å². The highest BCUT2D eigenvalue weighted by atomic mass is 16.5. The van der Waals surface area contributed by atoms with Crippen molar-refractivity contribution >= 4 is 44.8 Å². The highest BCUT2D eigenvalue weighted by Gasteiger charge is 2.23. The van der Waals surface area contributed by atoms with Gasteiger partial charge in [0.25, 0.3) is 0 Å². The molecular weight excluding hydrogens is 350 g/mol. The Balaban J connectivity index is 1.66. The molecule has 1 N–H and O–H groups in total. The number of fused-ring (bicyclic) bond motifs is 4. The first-order chi connectivity index (χ1) is 13.7. The van der Waals surface area contributed by atoms with E-state index in [-0.39, 0.29) is 5.97 Å². The summed E-state index contributed by atoms with van der Waals surface area (Å²) in [4.78, 5) is 14.1. The van der Waals surface area contributed by atoms with E-state index in [2.05, 4.69) is 64.2 Å². The lowest BCUT2D eigenvalue weighted by atomic mass is 10.1. The fourth-order valence-electron chi connectivity index (χ4n) is 4.18. The van der Waals surface area contributed by atoms with Crippen LogP contribution in [0.25, 0.3) is 21.8 Å². The predicted molar refractivity (Wildman–Crippen MR) is 114 cm³/mol. The van der Waals surface area contributed by atoms with Crippen molar-refractivity contribution in [1.29, 1.82) is 0 Å². The number of aryl methyl sites for hydroxylation is 1. The number of benzene rings is 3. The van der Waals surface area contributed by atoms with Gasteiger partial charge in [0.2, 0.25) is 0 Å². The maximum atomic E-state index is 11.9. The van der Waals surface area contributed by atoms with Crippen molar-refractivity contribution in [2.45, 2.75) is 13.5 Å². The number of hydrogen-bond acceptors (Lipinski definition) is 4. The van der Waals surface area contributed by atoms with Crippen LogP contribution in [0.2, 0.25) is 0 Å². The minimum absolute atomic E-state index is 0.323. The third kappa shape index (κ3) is 2.36. The molecule has 5 rings (SSSR count). The Kier molecular flexibility index (Phi) is 3.76. The largest absolute Gasteiger partial charge is 0.465 e. The molecule has 3 aromatic carbocycles. The summed E-state index contributed by atoms with van der Waals surface area (Å²) in [5, 5.41) is 5.91. The molecule has 2 heterocycles. The number of nitrogens with one attached hydrogen (secondary N) is 1. The second-order valence-corrected chi connectivity index (χ2v) is 6.95. The molecule has 28 heavy (non-hydrogen) atoms. The van der Waals surface area contributed by atoms with Crippen molar-refractivity contribution in [1.82, 2.24) is 4.57 Å². The number of esters is 1. The van der Waals surface area contributed by atoms with Gasteiger partial charge in [0.1, 0.15) is 0 Å². The molecule has 5 nitrogen and oxygen atoms in total. The van der Waals surface area contributed by atoms with Gasteiger partial charge >= 0.3 is 5.97 Å². The molecular formula is C23H21N3O2. The van der Waals surface area contributed by atoms with Crippen LogP contribution in [0.4, 0.5) is 17.1 Å². The van der Waals surface area contributed by atoms with E-state index in [1.807, 2.05) is 12.1 Å². The zero-order chi connectivity index (χ0) is 19.3. The number of nitrogens with zero attached hydrogens (tertiary/aromatic N) is 2. The summed E-state index contributed by atoms with van der Waals surface area (Å²) in [5.41, 5.74) is 6.15. The van der Waals surface area contributed by atoms with E-state index in [0.29, 0.717) is 12.2 Å². The first-order valence-corrected chi connectivity index (χ1v) is 9.46. The maximum Gasteiger partial charge on any atom is 0.337 e. The summed E-state index contributed by atoms with van der Waals surface area (Å²) in [6.45, 7) is 3.77. The maximum absolute atomic E-state index is 11.9. The number of rotatable bonds is 3. The van der Waals surface area contributed by atoms with Crippen LogP contribution >= 0.6 is 0 Å². The Labute approximate surface area is 163 Å². The molecule has 4 aromatic rings. The van der Waals surface area contributed by atoms with Gasteiger partial charge in [-0.05, 0) is 49.4 Å². The third-order valence-corrected chi connectivity index (χ3v) is 5.52. The summed E-state index contributed by atoms with van der Waals surface area (Å²) in [6, 6.07) is 20.7. The monoisotopic (exact) mass is 371 g/mol. The van der Waals surface area contributed by atoms with E-state index in [9.17, 15) is 4.79 Å². The van der Waals surface area contributed by atoms with Gasteiger partial charge in [-0.15, -0.1) is 0 Å². The van der Waals surface area contributed by atoms with Crippen LogP contribution in [-0.2, 0) is 11.3 Å². The second kappa shape index (κ2) is 6.30. The molecule has 0 bridgehead atoms. The van der Waals surface area contributed by atoms with Crippen LogP contribution in [0.1, 0.15) is 17.3 Å². The average Bonchev–Trinajstić information content (AvgIpc) is 3.31. The highest BCUT2D eigenvalue weighted by Crippen LogP contribution is 2.40. The lowest BCUT2D eigenvalue weighted by Crippen LogP contribution is -2.16. The van der Waals surface area contributed by atoms with Gasteiger partial charge in [0.05, 0.1) is 30.7 Å². The quantitative estimate of drug-likeness (QED) is 0.508. The van der Waals surface area contributed by atoms with E-state index in [0.717, 1.165) is 23.6 Å². The average molecular weight is 371 g/mol. The van der Waals surface area contributed by atoms with Crippen LogP contribution in [-0.4, -0.2) is 24.3 Å². The topological polar surface area (TPSA) is 46.5 Å². The summed E-state index contributed by atoms with van der Waals surface area (Å²) in [6.07, 6.45) is 0. The van der Waals surface area contributed by atoms with E-state index in [4.69, 9.17) is 4.74 Å². The fourth-order valence-corrected chi connectivity index (χ4v) is 4.18. The Morgan fingerprint density at radius 1 is 1.04 bits per heavy atom. The number of para-hydroxylation sites is 1. The summed E-state index contributed by atoms with van der Waals surface area (Å²) < 4.78 is 7.22. The SMILES string of the molecule is CCn1c2ccccc2c2cc(N3CNc4ccc(C(=O)OC)cc43)ccc21. The van der Waals surface area contributed by atoms with E-state index >= 15 is 0 Å². The molecule has 1 aliphatic rings. The highest BCUT2D eigenvalue weighted by molar-refractivity contribution is 6.09. The van der Waals surface area contributed by atoms with Crippen molar-refractivity contribution in [3.05, 3.63) is 66.2 Å². The van der Waals surface area contributed by atoms with Gasteiger partial charge in [-0.25, -0.2) is 4.79 Å². The number of hydrogen-bond donors (Lipinski definition) is 1. The predicted octanol–water partition coefficient (Wildman–Crippen LogP) is 5.12. The smallest absolute Gasteiger partial charge is 0.337 e. The van der Waals surface area contributed by atoms with Crippen LogP contribution < -0.4 is 10.2 Å². The van der Waals surface area contributed by atoms with Gasteiger partial charge < -0.3 is 19.5 Å². The Bertz CT molecular complexity index is 1230. The van der Waals surface area contributed by atoms with Gasteiger partial charge in [0, 0.05) is 34.0 Å². The van der Waals surface area contributed by atoms with Crippen LogP contribution in [0, 0.1) is 0 Å². The van der Waals surface area contributed by atoms with E-state index in [1.54, 1.807) is 6.07 Å². The molecule has 0 unspecified atom stereocenters. The van der Waals surface area contributed by atoms with Crippen molar-refractivity contribution < 1.29 is 9.53 Å². The molecule has 0 amide bonds. The normalized spacial score (nSPS) is 13.0. The number of ether oxygens (including phenoxy) is 1. The molecule has 0 atom stereocenters. The zero-order valence-electron chi connectivity index (χ0n) is 15.9. The number of anilines is 3. The summed E-state index contributed by atoms with van der Waals surface area (Å²) in [7, 11) is 1.41. The molecule has 140 valence electrons. The number of aromatic nitrogens is 1.